The van der Waals surface area contributed by atoms with E-state index < -0.39 is 0 Å². The molecule has 2 unspecified atom stereocenters. The molecule has 1 fully saturated rings. The molecule has 0 radical (unpaired) electrons. The van der Waals surface area contributed by atoms with Crippen LogP contribution in [0.3, 0.4) is 0 Å². The molecule has 6 nitrogen and oxygen atoms in total. The van der Waals surface area contributed by atoms with Crippen LogP contribution < -0.4 is 5.32 Å². The molecule has 1 aromatic carbocycles. The predicted octanol–water partition coefficient (Wildman–Crippen LogP) is 3.41. The molecule has 1 aliphatic rings. The highest BCUT2D eigenvalue weighted by molar-refractivity contribution is 7.71. The smallest absolute Gasteiger partial charge is 0.308 e. The monoisotopic (exact) mass is 334 g/mol. The van der Waals surface area contributed by atoms with Gasteiger partial charge >= 0.3 is 5.97 Å². The van der Waals surface area contributed by atoms with E-state index in [1.54, 1.807) is 12.1 Å². The van der Waals surface area contributed by atoms with Crippen molar-refractivity contribution >= 4 is 40.9 Å². The van der Waals surface area contributed by atoms with Gasteiger partial charge in [0.1, 0.15) is 0 Å². The van der Waals surface area contributed by atoms with Crippen molar-refractivity contribution in [3.63, 3.8) is 0 Å². The van der Waals surface area contributed by atoms with Gasteiger partial charge in [-0.05, 0) is 43.6 Å². The highest BCUT2D eigenvalue weighted by atomic mass is 32.1. The Balaban J connectivity index is 1.69. The van der Waals surface area contributed by atoms with E-state index in [-0.39, 0.29) is 23.7 Å². The third kappa shape index (κ3) is 3.44. The van der Waals surface area contributed by atoms with E-state index in [2.05, 4.69) is 10.3 Å². The molecule has 0 aliphatic heterocycles. The number of H-pyrrole nitrogens is 1. The van der Waals surface area contributed by atoms with Gasteiger partial charge in [-0.2, -0.15) is 0 Å². The molecule has 1 aliphatic carbocycles. The van der Waals surface area contributed by atoms with Crippen LogP contribution >= 0.6 is 12.2 Å². The maximum absolute atomic E-state index is 12.4. The summed E-state index contributed by atoms with van der Waals surface area (Å²) in [4.78, 5) is 27.3. The van der Waals surface area contributed by atoms with Crippen molar-refractivity contribution in [3.8, 4) is 0 Å². The number of hydrogen-bond acceptors (Lipinski definition) is 5. The van der Waals surface area contributed by atoms with Crippen molar-refractivity contribution in [1.82, 2.24) is 4.98 Å². The standard InChI is InChI=1S/C16H18N2O4S/c1-21-15(20)10-4-2-3-9(7-10)14(19)17-11-5-6-12-13(8-11)22-16(23)18-12/h5-6,8-10H,2-4,7H2,1H3,(H,17,19)(H,18,23). The molecule has 7 heteroatoms. The third-order valence-electron chi connectivity index (χ3n) is 4.27. The number of oxazole rings is 1. The summed E-state index contributed by atoms with van der Waals surface area (Å²) >= 11 is 4.94. The third-order valence-corrected chi connectivity index (χ3v) is 4.45. The Morgan fingerprint density at radius 2 is 2.13 bits per heavy atom. The summed E-state index contributed by atoms with van der Waals surface area (Å²) < 4.78 is 10.1. The van der Waals surface area contributed by atoms with Gasteiger partial charge in [0.15, 0.2) is 5.58 Å². The van der Waals surface area contributed by atoms with Crippen molar-refractivity contribution in [2.75, 3.05) is 12.4 Å². The lowest BCUT2D eigenvalue weighted by Crippen LogP contribution is -2.31. The Labute approximate surface area is 138 Å². The Morgan fingerprint density at radius 1 is 1.35 bits per heavy atom. The first-order valence-corrected chi connectivity index (χ1v) is 7.99. The molecule has 2 aromatic rings. The molecule has 1 aromatic heterocycles. The number of methoxy groups -OCH3 is 1. The van der Waals surface area contributed by atoms with Crippen LogP contribution in [0.4, 0.5) is 5.69 Å². The van der Waals surface area contributed by atoms with Gasteiger partial charge in [-0.3, -0.25) is 9.59 Å². The van der Waals surface area contributed by atoms with Crippen molar-refractivity contribution in [3.05, 3.63) is 23.0 Å². The van der Waals surface area contributed by atoms with Crippen LogP contribution in [-0.4, -0.2) is 24.0 Å². The Bertz CT molecular complexity index is 795. The van der Waals surface area contributed by atoms with Gasteiger partial charge < -0.3 is 19.5 Å². The number of fused-ring (bicyclic) bond motifs is 1. The van der Waals surface area contributed by atoms with Crippen molar-refractivity contribution in [1.29, 1.82) is 0 Å². The summed E-state index contributed by atoms with van der Waals surface area (Å²) in [6, 6.07) is 5.34. The number of aromatic amines is 1. The van der Waals surface area contributed by atoms with Gasteiger partial charge in [0, 0.05) is 17.7 Å². The molecule has 0 spiro atoms. The van der Waals surface area contributed by atoms with Gasteiger partial charge in [0.05, 0.1) is 18.5 Å². The molecule has 2 N–H and O–H groups in total. The summed E-state index contributed by atoms with van der Waals surface area (Å²) in [7, 11) is 1.38. The number of amides is 1. The number of ether oxygens (including phenoxy) is 1. The van der Waals surface area contributed by atoms with Crippen LogP contribution in [0.25, 0.3) is 11.1 Å². The molecule has 1 amide bonds. The lowest BCUT2D eigenvalue weighted by atomic mass is 9.81. The highest BCUT2D eigenvalue weighted by Crippen LogP contribution is 2.31. The fraction of sp³-hybridized carbons (Fsp3) is 0.438. The minimum atomic E-state index is -0.229. The molecular weight excluding hydrogens is 316 g/mol. The second-order valence-electron chi connectivity index (χ2n) is 5.80. The van der Waals surface area contributed by atoms with E-state index in [1.807, 2.05) is 6.07 Å². The minimum absolute atomic E-state index is 0.0768. The van der Waals surface area contributed by atoms with Gasteiger partial charge in [0.2, 0.25) is 5.91 Å². The van der Waals surface area contributed by atoms with Crippen molar-refractivity contribution < 1.29 is 18.7 Å². The van der Waals surface area contributed by atoms with Crippen LogP contribution in [0.2, 0.25) is 0 Å². The number of esters is 1. The molecule has 1 heterocycles. The number of nitrogens with one attached hydrogen (secondary N) is 2. The Morgan fingerprint density at radius 3 is 2.91 bits per heavy atom. The fourth-order valence-electron chi connectivity index (χ4n) is 3.08. The molecule has 0 bridgehead atoms. The SMILES string of the molecule is COC(=O)C1CCCC(C(=O)Nc2ccc3[nH]c(=S)oc3c2)C1. The zero-order valence-electron chi connectivity index (χ0n) is 12.8. The van der Waals surface area contributed by atoms with E-state index >= 15 is 0 Å². The zero-order valence-corrected chi connectivity index (χ0v) is 13.6. The minimum Gasteiger partial charge on any atom is -0.469 e. The van der Waals surface area contributed by atoms with E-state index in [1.165, 1.54) is 7.11 Å². The van der Waals surface area contributed by atoms with Crippen LogP contribution in [0.1, 0.15) is 25.7 Å². The largest absolute Gasteiger partial charge is 0.469 e. The zero-order chi connectivity index (χ0) is 16.4. The van der Waals surface area contributed by atoms with Crippen LogP contribution in [0, 0.1) is 16.7 Å². The number of carbonyl (C=O) groups excluding carboxylic acids is 2. The van der Waals surface area contributed by atoms with Crippen molar-refractivity contribution in [2.45, 2.75) is 25.7 Å². The highest BCUT2D eigenvalue weighted by Gasteiger charge is 2.31. The quantitative estimate of drug-likeness (QED) is 0.664. The van der Waals surface area contributed by atoms with Gasteiger partial charge in [-0.1, -0.05) is 6.42 Å². The first-order chi connectivity index (χ1) is 11.1. The second-order valence-corrected chi connectivity index (χ2v) is 6.17. The Kier molecular flexibility index (Phi) is 4.47. The Hall–Kier alpha value is -2.15. The number of rotatable bonds is 3. The lowest BCUT2D eigenvalue weighted by molar-refractivity contribution is -0.147. The van der Waals surface area contributed by atoms with E-state index in [9.17, 15) is 9.59 Å². The number of benzene rings is 1. The van der Waals surface area contributed by atoms with E-state index in [0.717, 1.165) is 24.8 Å². The van der Waals surface area contributed by atoms with E-state index in [0.29, 0.717) is 22.5 Å². The van der Waals surface area contributed by atoms with Gasteiger partial charge in [0.25, 0.3) is 4.84 Å². The fourth-order valence-corrected chi connectivity index (χ4v) is 3.28. The average Bonchev–Trinajstić information content (AvgIpc) is 2.93. The van der Waals surface area contributed by atoms with Gasteiger partial charge in [-0.15, -0.1) is 0 Å². The average molecular weight is 334 g/mol. The van der Waals surface area contributed by atoms with Crippen molar-refractivity contribution in [2.24, 2.45) is 11.8 Å². The molecular formula is C16H18N2O4S. The summed E-state index contributed by atoms with van der Waals surface area (Å²) in [5, 5.41) is 2.89. The summed E-state index contributed by atoms with van der Waals surface area (Å²) in [6.45, 7) is 0. The maximum Gasteiger partial charge on any atom is 0.308 e. The molecule has 23 heavy (non-hydrogen) atoms. The molecule has 2 atom stereocenters. The van der Waals surface area contributed by atoms with Crippen LogP contribution in [0.5, 0.6) is 0 Å². The molecule has 122 valence electrons. The normalized spacial score (nSPS) is 21.1. The first-order valence-electron chi connectivity index (χ1n) is 7.58. The number of carbonyl (C=O) groups is 2. The summed E-state index contributed by atoms with van der Waals surface area (Å²) in [6.07, 6.45) is 2.95. The molecule has 0 saturated heterocycles. The number of hydrogen-bond donors (Lipinski definition) is 2. The summed E-state index contributed by atoms with van der Waals surface area (Å²) in [5.74, 6) is -0.671. The molecule has 3 rings (SSSR count). The lowest BCUT2D eigenvalue weighted by Gasteiger charge is -2.26. The number of anilines is 1. The van der Waals surface area contributed by atoms with E-state index in [4.69, 9.17) is 21.4 Å². The summed E-state index contributed by atoms with van der Waals surface area (Å²) in [5.41, 5.74) is 2.04. The number of aromatic nitrogens is 1. The van der Waals surface area contributed by atoms with Crippen LogP contribution in [-0.2, 0) is 14.3 Å². The predicted molar refractivity (Wildman–Crippen MR) is 87.5 cm³/mol. The maximum atomic E-state index is 12.4. The van der Waals surface area contributed by atoms with Gasteiger partial charge in [-0.25, -0.2) is 0 Å². The topological polar surface area (TPSA) is 84.3 Å². The van der Waals surface area contributed by atoms with Crippen LogP contribution in [0.15, 0.2) is 22.6 Å². The first kappa shape index (κ1) is 15.7. The second kappa shape index (κ2) is 6.54. The molecule has 1 saturated carbocycles.